The summed E-state index contributed by atoms with van der Waals surface area (Å²) in [4.78, 5) is 14.3. The zero-order valence-corrected chi connectivity index (χ0v) is 14.9. The van der Waals surface area contributed by atoms with Crippen molar-refractivity contribution in [3.05, 3.63) is 30.1 Å². The molecule has 1 aromatic rings. The molecule has 6 heteroatoms. The van der Waals surface area contributed by atoms with Crippen LogP contribution < -0.4 is 10.1 Å². The number of carbonyl (C=O) groups is 1. The molecule has 0 heterocycles. The minimum Gasteiger partial charge on any atom is -0.489 e. The van der Waals surface area contributed by atoms with Crippen LogP contribution in [-0.2, 0) is 4.79 Å². The molecule has 0 aromatic heterocycles. The molecule has 1 atom stereocenters. The number of benzene rings is 1. The zero-order chi connectivity index (χ0) is 18.3. The van der Waals surface area contributed by atoms with Gasteiger partial charge in [-0.1, -0.05) is 31.4 Å². The molecule has 0 unspecified atom stereocenters. The molecule has 5 nitrogen and oxygen atoms in total. The van der Waals surface area contributed by atoms with Gasteiger partial charge in [-0.3, -0.25) is 9.69 Å². The average molecular weight is 347 g/mol. The van der Waals surface area contributed by atoms with Crippen molar-refractivity contribution in [2.24, 2.45) is 0 Å². The van der Waals surface area contributed by atoms with E-state index in [0.717, 1.165) is 19.3 Å². The number of nitriles is 1. The van der Waals surface area contributed by atoms with Gasteiger partial charge >= 0.3 is 0 Å². The van der Waals surface area contributed by atoms with Crippen molar-refractivity contribution in [3.8, 4) is 11.8 Å². The molecule has 1 N–H and O–H groups in total. The summed E-state index contributed by atoms with van der Waals surface area (Å²) in [6.07, 6.45) is 4.47. The van der Waals surface area contributed by atoms with E-state index in [-0.39, 0.29) is 18.3 Å². The number of amides is 1. The maximum absolute atomic E-state index is 13.5. The number of likely N-dealkylation sites (N-methyl/N-ethyl adjacent to an activating group) is 1. The largest absolute Gasteiger partial charge is 0.489 e. The number of hydrogen-bond acceptors (Lipinski definition) is 4. The molecular weight excluding hydrogens is 321 g/mol. The van der Waals surface area contributed by atoms with Gasteiger partial charge in [0.25, 0.3) is 0 Å². The molecule has 1 aromatic carbocycles. The lowest BCUT2D eigenvalue weighted by atomic mass is 9.82. The number of carbonyl (C=O) groups excluding carboxylic acids is 1. The van der Waals surface area contributed by atoms with Crippen molar-refractivity contribution in [2.45, 2.75) is 50.6 Å². The van der Waals surface area contributed by atoms with E-state index in [4.69, 9.17) is 4.74 Å². The summed E-state index contributed by atoms with van der Waals surface area (Å²) < 4.78 is 18.9. The van der Waals surface area contributed by atoms with Gasteiger partial charge in [0.1, 0.15) is 12.1 Å². The minimum atomic E-state index is -0.728. The Morgan fingerprint density at radius 2 is 2.08 bits per heavy atom. The first kappa shape index (κ1) is 19.2. The smallest absolute Gasteiger partial charge is 0.238 e. The molecule has 1 aliphatic carbocycles. The summed E-state index contributed by atoms with van der Waals surface area (Å²) in [6.45, 7) is 2.55. The molecule has 0 spiro atoms. The summed E-state index contributed by atoms with van der Waals surface area (Å²) >= 11 is 0. The number of hydrogen-bond donors (Lipinski definition) is 1. The normalized spacial score (nSPS) is 17.6. The van der Waals surface area contributed by atoms with E-state index < -0.39 is 17.4 Å². The Morgan fingerprint density at radius 3 is 2.72 bits per heavy atom. The van der Waals surface area contributed by atoms with Crippen molar-refractivity contribution in [1.82, 2.24) is 10.2 Å². The Morgan fingerprint density at radius 1 is 1.40 bits per heavy atom. The fourth-order valence-corrected chi connectivity index (χ4v) is 3.02. The molecule has 0 aliphatic heterocycles. The van der Waals surface area contributed by atoms with Crippen LogP contribution in [0.1, 0.15) is 39.0 Å². The third-order valence-electron chi connectivity index (χ3n) is 4.86. The van der Waals surface area contributed by atoms with E-state index in [1.807, 2.05) is 11.9 Å². The molecular formula is C19H26FN3O2. The maximum Gasteiger partial charge on any atom is 0.238 e. The number of nitrogens with zero attached hydrogens (tertiary/aromatic N) is 2. The van der Waals surface area contributed by atoms with E-state index in [9.17, 15) is 14.4 Å². The molecule has 1 fully saturated rings. The van der Waals surface area contributed by atoms with Crippen LogP contribution in [0.3, 0.4) is 0 Å². The third-order valence-corrected chi connectivity index (χ3v) is 4.86. The second-order valence-electron chi connectivity index (χ2n) is 6.68. The molecule has 1 amide bonds. The van der Waals surface area contributed by atoms with Gasteiger partial charge in [0.2, 0.25) is 5.91 Å². The fraction of sp³-hybridized carbons (Fsp3) is 0.579. The molecule has 25 heavy (non-hydrogen) atoms. The molecule has 0 bridgehead atoms. The first-order chi connectivity index (χ1) is 12.0. The van der Waals surface area contributed by atoms with Gasteiger partial charge in [-0.15, -0.1) is 0 Å². The molecule has 2 rings (SSSR count). The van der Waals surface area contributed by atoms with Gasteiger partial charge in [-0.05, 0) is 38.9 Å². The number of rotatable bonds is 7. The van der Waals surface area contributed by atoms with Crippen molar-refractivity contribution >= 4 is 5.91 Å². The SMILES string of the molecule is C[C@H](C(=O)NC1(C#N)CCCCC1)N(C)CCOc1ccccc1F. The highest BCUT2D eigenvalue weighted by atomic mass is 19.1. The lowest BCUT2D eigenvalue weighted by Crippen LogP contribution is -2.54. The van der Waals surface area contributed by atoms with Crippen LogP contribution in [0.4, 0.5) is 4.39 Å². The van der Waals surface area contributed by atoms with Gasteiger partial charge in [0.15, 0.2) is 11.6 Å². The molecule has 0 radical (unpaired) electrons. The fourth-order valence-electron chi connectivity index (χ4n) is 3.02. The van der Waals surface area contributed by atoms with Crippen molar-refractivity contribution < 1.29 is 13.9 Å². The first-order valence-corrected chi connectivity index (χ1v) is 8.78. The number of ether oxygens (including phenoxy) is 1. The Hall–Kier alpha value is -2.13. The van der Waals surface area contributed by atoms with Gasteiger partial charge in [0, 0.05) is 6.54 Å². The highest BCUT2D eigenvalue weighted by Gasteiger charge is 2.35. The van der Waals surface area contributed by atoms with E-state index >= 15 is 0 Å². The van der Waals surface area contributed by atoms with Crippen LogP contribution in [0.25, 0.3) is 0 Å². The summed E-state index contributed by atoms with van der Waals surface area (Å²) in [5.74, 6) is -0.348. The van der Waals surface area contributed by atoms with Crippen molar-refractivity contribution in [2.75, 3.05) is 20.2 Å². The molecule has 1 aliphatic rings. The topological polar surface area (TPSA) is 65.4 Å². The van der Waals surface area contributed by atoms with Crippen LogP contribution in [0.2, 0.25) is 0 Å². The van der Waals surface area contributed by atoms with E-state index in [0.29, 0.717) is 19.4 Å². The zero-order valence-electron chi connectivity index (χ0n) is 14.9. The standard InChI is InChI=1S/C19H26FN3O2/c1-15(18(24)22-19(14-21)10-6-3-7-11-19)23(2)12-13-25-17-9-5-4-8-16(17)20/h4-5,8-9,15H,3,6-7,10-13H2,1-2H3,(H,22,24)/t15-/m1/s1. The quantitative estimate of drug-likeness (QED) is 0.824. The lowest BCUT2D eigenvalue weighted by Gasteiger charge is -2.34. The predicted octanol–water partition coefficient (Wildman–Crippen LogP) is 2.87. The highest BCUT2D eigenvalue weighted by Crippen LogP contribution is 2.27. The van der Waals surface area contributed by atoms with E-state index in [1.54, 1.807) is 25.1 Å². The lowest BCUT2D eigenvalue weighted by molar-refractivity contribution is -0.127. The summed E-state index contributed by atoms with van der Waals surface area (Å²) in [6, 6.07) is 8.15. The Bertz CT molecular complexity index is 623. The van der Waals surface area contributed by atoms with Crippen LogP contribution in [-0.4, -0.2) is 42.6 Å². The number of nitrogens with one attached hydrogen (secondary N) is 1. The third kappa shape index (κ3) is 5.17. The Kier molecular flexibility index (Phi) is 6.77. The predicted molar refractivity (Wildman–Crippen MR) is 93.6 cm³/mol. The van der Waals surface area contributed by atoms with Gasteiger partial charge in [-0.2, -0.15) is 5.26 Å². The average Bonchev–Trinajstić information content (AvgIpc) is 2.63. The van der Waals surface area contributed by atoms with Gasteiger partial charge in [0.05, 0.1) is 12.1 Å². The number of para-hydroxylation sites is 1. The Balaban J connectivity index is 1.82. The van der Waals surface area contributed by atoms with Crippen molar-refractivity contribution in [1.29, 1.82) is 5.26 Å². The van der Waals surface area contributed by atoms with Crippen LogP contribution in [0.5, 0.6) is 5.75 Å². The monoisotopic (exact) mass is 347 g/mol. The maximum atomic E-state index is 13.5. The van der Waals surface area contributed by atoms with E-state index in [2.05, 4.69) is 11.4 Å². The van der Waals surface area contributed by atoms with Gasteiger partial charge in [-0.25, -0.2) is 4.39 Å². The second-order valence-corrected chi connectivity index (χ2v) is 6.68. The van der Waals surface area contributed by atoms with Gasteiger partial charge < -0.3 is 10.1 Å². The Labute approximate surface area is 148 Å². The number of halogens is 1. The van der Waals surface area contributed by atoms with Crippen molar-refractivity contribution in [3.63, 3.8) is 0 Å². The first-order valence-electron chi connectivity index (χ1n) is 8.78. The van der Waals surface area contributed by atoms with E-state index in [1.165, 1.54) is 6.07 Å². The molecule has 136 valence electrons. The summed E-state index contributed by atoms with van der Waals surface area (Å²) in [5.41, 5.74) is -0.728. The molecule has 0 saturated heterocycles. The summed E-state index contributed by atoms with van der Waals surface area (Å²) in [7, 11) is 1.81. The summed E-state index contributed by atoms with van der Waals surface area (Å²) in [5, 5.41) is 12.4. The molecule has 1 saturated carbocycles. The second kappa shape index (κ2) is 8.82. The van der Waals surface area contributed by atoms with Crippen LogP contribution >= 0.6 is 0 Å². The minimum absolute atomic E-state index is 0.156. The van der Waals surface area contributed by atoms with Crippen LogP contribution in [0, 0.1) is 17.1 Å². The van der Waals surface area contributed by atoms with Crippen LogP contribution in [0.15, 0.2) is 24.3 Å². The highest BCUT2D eigenvalue weighted by molar-refractivity contribution is 5.82.